The Labute approximate surface area is 177 Å². The molecule has 29 heavy (non-hydrogen) atoms. The maximum atomic E-state index is 13.4. The predicted octanol–water partition coefficient (Wildman–Crippen LogP) is 4.68. The van der Waals surface area contributed by atoms with Crippen molar-refractivity contribution in [1.82, 2.24) is 4.98 Å². The summed E-state index contributed by atoms with van der Waals surface area (Å²) >= 11 is 7.18. The van der Waals surface area contributed by atoms with Gasteiger partial charge in [-0.3, -0.25) is 4.79 Å². The maximum absolute atomic E-state index is 13.4. The molecule has 9 heteroatoms. The number of para-hydroxylation sites is 1. The van der Waals surface area contributed by atoms with Crippen molar-refractivity contribution < 1.29 is 17.9 Å². The van der Waals surface area contributed by atoms with Gasteiger partial charge >= 0.3 is 0 Å². The van der Waals surface area contributed by atoms with Crippen LogP contribution in [0.25, 0.3) is 10.2 Å². The van der Waals surface area contributed by atoms with Crippen LogP contribution in [0.5, 0.6) is 5.75 Å². The van der Waals surface area contributed by atoms with Gasteiger partial charge in [0.1, 0.15) is 11.3 Å². The number of carbonyl (C=O) groups is 1. The monoisotopic (exact) mass is 450 g/mol. The molecular formula is C20H19ClN2O4S2. The Hall–Kier alpha value is -2.16. The average molecular weight is 451 g/mol. The third kappa shape index (κ3) is 3.39. The lowest BCUT2D eigenvalue weighted by atomic mass is 10.1. The van der Waals surface area contributed by atoms with E-state index in [0.717, 1.165) is 4.70 Å². The summed E-state index contributed by atoms with van der Waals surface area (Å²) in [5, 5.41) is 3.56. The van der Waals surface area contributed by atoms with E-state index in [1.807, 2.05) is 12.1 Å². The van der Waals surface area contributed by atoms with Crippen molar-refractivity contribution in [3.63, 3.8) is 0 Å². The van der Waals surface area contributed by atoms with Crippen LogP contribution in [0.4, 0.5) is 5.13 Å². The number of rotatable bonds is 5. The molecule has 2 aromatic carbocycles. The third-order valence-corrected chi connectivity index (χ3v) is 8.99. The maximum Gasteiger partial charge on any atom is 0.248 e. The molecule has 0 aliphatic heterocycles. The summed E-state index contributed by atoms with van der Waals surface area (Å²) in [6.07, 6.45) is 1.90. The van der Waals surface area contributed by atoms with Crippen molar-refractivity contribution in [2.75, 3.05) is 12.4 Å². The van der Waals surface area contributed by atoms with Gasteiger partial charge in [0.2, 0.25) is 5.91 Å². The number of hydrogen-bond acceptors (Lipinski definition) is 6. The minimum absolute atomic E-state index is 0.102. The number of amides is 1. The van der Waals surface area contributed by atoms with Gasteiger partial charge in [-0.05, 0) is 49.2 Å². The molecule has 0 saturated heterocycles. The minimum Gasteiger partial charge on any atom is -0.494 e. The van der Waals surface area contributed by atoms with Crippen molar-refractivity contribution in [2.24, 2.45) is 0 Å². The molecule has 1 aliphatic carbocycles. The number of benzene rings is 2. The van der Waals surface area contributed by atoms with Crippen LogP contribution in [0.1, 0.15) is 25.7 Å². The lowest BCUT2D eigenvalue weighted by molar-refractivity contribution is -0.118. The Kier molecular flexibility index (Phi) is 5.27. The number of fused-ring (bicyclic) bond motifs is 1. The number of ether oxygens (including phenoxy) is 1. The van der Waals surface area contributed by atoms with Gasteiger partial charge in [0.25, 0.3) is 0 Å². The van der Waals surface area contributed by atoms with Crippen molar-refractivity contribution in [3.05, 3.63) is 47.5 Å². The Morgan fingerprint density at radius 2 is 1.86 bits per heavy atom. The van der Waals surface area contributed by atoms with Crippen LogP contribution >= 0.6 is 22.9 Å². The second-order valence-corrected chi connectivity index (χ2v) is 10.7. The molecule has 1 fully saturated rings. The van der Waals surface area contributed by atoms with Gasteiger partial charge in [0.15, 0.2) is 19.7 Å². The quantitative estimate of drug-likeness (QED) is 0.609. The highest BCUT2D eigenvalue weighted by atomic mass is 35.5. The van der Waals surface area contributed by atoms with E-state index >= 15 is 0 Å². The van der Waals surface area contributed by atoms with E-state index < -0.39 is 20.5 Å². The topological polar surface area (TPSA) is 85.4 Å². The number of carbonyl (C=O) groups excluding carboxylic acids is 1. The highest BCUT2D eigenvalue weighted by Gasteiger charge is 2.53. The molecule has 1 aliphatic rings. The molecule has 1 saturated carbocycles. The minimum atomic E-state index is -3.90. The summed E-state index contributed by atoms with van der Waals surface area (Å²) < 4.78 is 31.5. The van der Waals surface area contributed by atoms with Crippen LogP contribution in [0.2, 0.25) is 5.02 Å². The van der Waals surface area contributed by atoms with Crippen LogP contribution < -0.4 is 10.1 Å². The number of nitrogens with one attached hydrogen (secondary N) is 1. The molecule has 6 nitrogen and oxygen atoms in total. The van der Waals surface area contributed by atoms with Gasteiger partial charge in [-0.1, -0.05) is 41.8 Å². The van der Waals surface area contributed by atoms with E-state index in [1.165, 1.54) is 35.6 Å². The van der Waals surface area contributed by atoms with E-state index in [0.29, 0.717) is 34.3 Å². The summed E-state index contributed by atoms with van der Waals surface area (Å²) in [5.74, 6) is 0.0617. The molecule has 0 atom stereocenters. The molecule has 0 radical (unpaired) electrons. The first-order chi connectivity index (χ1) is 13.9. The first-order valence-electron chi connectivity index (χ1n) is 9.13. The summed E-state index contributed by atoms with van der Waals surface area (Å²) in [6, 6.07) is 11.5. The number of thiazole rings is 1. The summed E-state index contributed by atoms with van der Waals surface area (Å²) in [4.78, 5) is 17.8. The van der Waals surface area contributed by atoms with Gasteiger partial charge in [0, 0.05) is 5.02 Å². The Bertz CT molecular complexity index is 1170. The number of nitrogens with zero attached hydrogens (tertiary/aromatic N) is 1. The second-order valence-electron chi connectivity index (χ2n) is 6.94. The largest absolute Gasteiger partial charge is 0.494 e. The summed E-state index contributed by atoms with van der Waals surface area (Å²) in [5.41, 5.74) is 0.635. The highest BCUT2D eigenvalue weighted by molar-refractivity contribution is 7.93. The van der Waals surface area contributed by atoms with Crippen molar-refractivity contribution >= 4 is 54.0 Å². The summed E-state index contributed by atoms with van der Waals surface area (Å²) in [7, 11) is -2.34. The van der Waals surface area contributed by atoms with Gasteiger partial charge in [-0.25, -0.2) is 13.4 Å². The molecule has 1 amide bonds. The van der Waals surface area contributed by atoms with Crippen molar-refractivity contribution in [1.29, 1.82) is 0 Å². The number of methoxy groups -OCH3 is 1. The Morgan fingerprint density at radius 3 is 2.52 bits per heavy atom. The van der Waals surface area contributed by atoms with Gasteiger partial charge < -0.3 is 10.1 Å². The van der Waals surface area contributed by atoms with Crippen LogP contribution in [0.3, 0.4) is 0 Å². The molecule has 3 aromatic rings. The third-order valence-electron chi connectivity index (χ3n) is 5.29. The van der Waals surface area contributed by atoms with Crippen LogP contribution in [-0.2, 0) is 14.6 Å². The molecule has 0 bridgehead atoms. The standard InChI is InChI=1S/C20H19ClN2O4S2/c1-27-15-5-4-6-16-17(15)22-19(28-16)23-18(24)20(11-2-3-12-20)29(25,26)14-9-7-13(21)8-10-14/h4-10H,2-3,11-12H2,1H3,(H,22,23,24). The van der Waals surface area contributed by atoms with Gasteiger partial charge in [-0.15, -0.1) is 0 Å². The number of hydrogen-bond donors (Lipinski definition) is 1. The number of anilines is 1. The SMILES string of the molecule is COc1cccc2sc(NC(=O)C3(S(=O)(=O)c4ccc(Cl)cc4)CCCC3)nc12. The van der Waals surface area contributed by atoms with Crippen LogP contribution in [-0.4, -0.2) is 31.2 Å². The molecule has 0 spiro atoms. The Balaban J connectivity index is 1.70. The molecule has 4 rings (SSSR count). The molecule has 1 N–H and O–H groups in total. The van der Waals surface area contributed by atoms with Crippen LogP contribution in [0.15, 0.2) is 47.4 Å². The smallest absolute Gasteiger partial charge is 0.248 e. The van der Waals surface area contributed by atoms with E-state index in [-0.39, 0.29) is 17.7 Å². The molecular weight excluding hydrogens is 432 g/mol. The van der Waals surface area contributed by atoms with E-state index in [1.54, 1.807) is 13.2 Å². The van der Waals surface area contributed by atoms with Crippen molar-refractivity contribution in [3.8, 4) is 5.75 Å². The highest BCUT2D eigenvalue weighted by Crippen LogP contribution is 2.42. The van der Waals surface area contributed by atoms with Gasteiger partial charge in [-0.2, -0.15) is 0 Å². The summed E-state index contributed by atoms with van der Waals surface area (Å²) in [6.45, 7) is 0. The zero-order valence-electron chi connectivity index (χ0n) is 15.6. The van der Waals surface area contributed by atoms with E-state index in [2.05, 4.69) is 10.3 Å². The zero-order valence-corrected chi connectivity index (χ0v) is 18.0. The number of halogens is 1. The van der Waals surface area contributed by atoms with E-state index in [9.17, 15) is 13.2 Å². The molecule has 152 valence electrons. The first kappa shape index (κ1) is 20.1. The zero-order chi connectivity index (χ0) is 20.6. The lowest BCUT2D eigenvalue weighted by Crippen LogP contribution is -2.47. The average Bonchev–Trinajstić information content (AvgIpc) is 3.35. The van der Waals surface area contributed by atoms with Crippen LogP contribution in [0, 0.1) is 0 Å². The van der Waals surface area contributed by atoms with Crippen molar-refractivity contribution in [2.45, 2.75) is 35.3 Å². The Morgan fingerprint density at radius 1 is 1.17 bits per heavy atom. The predicted molar refractivity (Wildman–Crippen MR) is 115 cm³/mol. The van der Waals surface area contributed by atoms with E-state index in [4.69, 9.17) is 16.3 Å². The second kappa shape index (κ2) is 7.59. The lowest BCUT2D eigenvalue weighted by Gasteiger charge is -2.27. The fourth-order valence-electron chi connectivity index (χ4n) is 3.76. The normalized spacial score (nSPS) is 16.1. The molecule has 0 unspecified atom stereocenters. The van der Waals surface area contributed by atoms with Gasteiger partial charge in [0.05, 0.1) is 16.7 Å². The number of aromatic nitrogens is 1. The molecule has 1 aromatic heterocycles. The number of sulfone groups is 1. The first-order valence-corrected chi connectivity index (χ1v) is 11.8. The fraction of sp³-hybridized carbons (Fsp3) is 0.300. The fourth-order valence-corrected chi connectivity index (χ4v) is 6.83. The molecule has 1 heterocycles.